The fourth-order valence-electron chi connectivity index (χ4n) is 3.05. The normalized spacial score (nSPS) is 18.2. The van der Waals surface area contributed by atoms with Crippen molar-refractivity contribution in [2.24, 2.45) is 0 Å². The van der Waals surface area contributed by atoms with Crippen LogP contribution in [-0.4, -0.2) is 23.0 Å². The summed E-state index contributed by atoms with van der Waals surface area (Å²) in [7, 11) is 0. The molecule has 0 aliphatic carbocycles. The van der Waals surface area contributed by atoms with Crippen LogP contribution in [0.2, 0.25) is 0 Å². The SMILES string of the molecule is C=CCN1Cc2cc(-c3ccc(C)cc3)[nH]c2[C@@H](C=C)C1. The van der Waals surface area contributed by atoms with E-state index in [0.717, 1.165) is 19.6 Å². The molecule has 1 aliphatic heterocycles. The minimum atomic E-state index is 0.368. The molecule has 1 aromatic carbocycles. The van der Waals surface area contributed by atoms with Gasteiger partial charge in [0.1, 0.15) is 0 Å². The van der Waals surface area contributed by atoms with Crippen LogP contribution in [0.5, 0.6) is 0 Å². The molecule has 2 heteroatoms. The van der Waals surface area contributed by atoms with Crippen LogP contribution >= 0.6 is 0 Å². The predicted octanol–water partition coefficient (Wildman–Crippen LogP) is 4.26. The summed E-state index contributed by atoms with van der Waals surface area (Å²) in [5.74, 6) is 0.368. The van der Waals surface area contributed by atoms with Crippen molar-refractivity contribution in [3.05, 3.63) is 72.5 Å². The number of hydrogen-bond acceptors (Lipinski definition) is 1. The second-order valence-electron chi connectivity index (χ2n) is 5.81. The maximum absolute atomic E-state index is 4.00. The highest BCUT2D eigenvalue weighted by molar-refractivity contribution is 5.62. The van der Waals surface area contributed by atoms with Gasteiger partial charge in [-0.2, -0.15) is 0 Å². The zero-order valence-electron chi connectivity index (χ0n) is 12.6. The smallest absolute Gasteiger partial charge is 0.0459 e. The van der Waals surface area contributed by atoms with Crippen LogP contribution in [0, 0.1) is 6.92 Å². The van der Waals surface area contributed by atoms with E-state index >= 15 is 0 Å². The standard InChI is InChI=1S/C19H22N2/c1-4-10-21-12-15(5-2)19-17(13-21)11-18(20-19)16-8-6-14(3)7-9-16/h4-9,11,15,20H,1-2,10,12-13H2,3H3/t15-/m0/s1. The van der Waals surface area contributed by atoms with Gasteiger partial charge in [0, 0.05) is 36.9 Å². The van der Waals surface area contributed by atoms with E-state index < -0.39 is 0 Å². The van der Waals surface area contributed by atoms with E-state index in [1.54, 1.807) is 0 Å². The Kier molecular flexibility index (Phi) is 3.80. The number of fused-ring (bicyclic) bond motifs is 1. The van der Waals surface area contributed by atoms with Crippen molar-refractivity contribution >= 4 is 0 Å². The summed E-state index contributed by atoms with van der Waals surface area (Å²) in [6, 6.07) is 11.0. The fraction of sp³-hybridized carbons (Fsp3) is 0.263. The maximum Gasteiger partial charge on any atom is 0.0459 e. The molecule has 0 fully saturated rings. The van der Waals surface area contributed by atoms with Crippen molar-refractivity contribution in [3.8, 4) is 11.3 Å². The summed E-state index contributed by atoms with van der Waals surface area (Å²) in [4.78, 5) is 6.02. The van der Waals surface area contributed by atoms with Gasteiger partial charge in [0.15, 0.2) is 0 Å². The lowest BCUT2D eigenvalue weighted by molar-refractivity contribution is 0.267. The Hall–Kier alpha value is -2.06. The molecule has 0 spiro atoms. The molecule has 0 saturated carbocycles. The van der Waals surface area contributed by atoms with E-state index in [1.807, 2.05) is 12.2 Å². The predicted molar refractivity (Wildman–Crippen MR) is 89.4 cm³/mol. The molecule has 2 heterocycles. The minimum Gasteiger partial charge on any atom is -0.358 e. The molecule has 0 bridgehead atoms. The van der Waals surface area contributed by atoms with Crippen molar-refractivity contribution in [1.29, 1.82) is 0 Å². The van der Waals surface area contributed by atoms with E-state index in [9.17, 15) is 0 Å². The number of nitrogens with one attached hydrogen (secondary N) is 1. The molecule has 1 aliphatic rings. The molecule has 2 nitrogen and oxygen atoms in total. The van der Waals surface area contributed by atoms with Gasteiger partial charge in [0.2, 0.25) is 0 Å². The van der Waals surface area contributed by atoms with Gasteiger partial charge in [-0.05, 0) is 24.1 Å². The number of hydrogen-bond donors (Lipinski definition) is 1. The molecule has 0 saturated heterocycles. The highest BCUT2D eigenvalue weighted by atomic mass is 15.1. The quantitative estimate of drug-likeness (QED) is 0.828. The second-order valence-corrected chi connectivity index (χ2v) is 5.81. The van der Waals surface area contributed by atoms with Crippen LogP contribution in [-0.2, 0) is 6.54 Å². The zero-order valence-corrected chi connectivity index (χ0v) is 12.6. The van der Waals surface area contributed by atoms with Crippen molar-refractivity contribution in [3.63, 3.8) is 0 Å². The summed E-state index contributed by atoms with van der Waals surface area (Å²) >= 11 is 0. The molecule has 1 atom stereocenters. The third kappa shape index (κ3) is 2.72. The van der Waals surface area contributed by atoms with Crippen LogP contribution < -0.4 is 0 Å². The van der Waals surface area contributed by atoms with Crippen LogP contribution in [0.15, 0.2) is 55.6 Å². The third-order valence-corrected chi connectivity index (χ3v) is 4.19. The first-order valence-corrected chi connectivity index (χ1v) is 7.46. The molecule has 0 amide bonds. The monoisotopic (exact) mass is 278 g/mol. The van der Waals surface area contributed by atoms with Crippen molar-refractivity contribution in [1.82, 2.24) is 9.88 Å². The fourth-order valence-corrected chi connectivity index (χ4v) is 3.05. The van der Waals surface area contributed by atoms with Crippen LogP contribution in [0.3, 0.4) is 0 Å². The van der Waals surface area contributed by atoms with E-state index in [-0.39, 0.29) is 0 Å². The Morgan fingerprint density at radius 3 is 2.71 bits per heavy atom. The Balaban J connectivity index is 1.96. The van der Waals surface area contributed by atoms with Crippen LogP contribution in [0.4, 0.5) is 0 Å². The lowest BCUT2D eigenvalue weighted by atomic mass is 9.96. The molecule has 1 N–H and O–H groups in total. The molecule has 0 unspecified atom stereocenters. The molecule has 0 radical (unpaired) electrons. The molecule has 108 valence electrons. The molecule has 3 rings (SSSR count). The number of aromatic amines is 1. The number of aromatic nitrogens is 1. The van der Waals surface area contributed by atoms with Gasteiger partial charge in [0.05, 0.1) is 0 Å². The lowest BCUT2D eigenvalue weighted by Gasteiger charge is -2.30. The summed E-state index contributed by atoms with van der Waals surface area (Å²) < 4.78 is 0. The van der Waals surface area contributed by atoms with Gasteiger partial charge < -0.3 is 4.98 Å². The van der Waals surface area contributed by atoms with Gasteiger partial charge in [0.25, 0.3) is 0 Å². The topological polar surface area (TPSA) is 19.0 Å². The summed E-state index contributed by atoms with van der Waals surface area (Å²) in [6.07, 6.45) is 4.02. The van der Waals surface area contributed by atoms with E-state index in [1.165, 1.54) is 28.1 Å². The third-order valence-electron chi connectivity index (χ3n) is 4.19. The van der Waals surface area contributed by atoms with Crippen LogP contribution in [0.1, 0.15) is 22.7 Å². The Labute approximate surface area is 126 Å². The summed E-state index contributed by atoms with van der Waals surface area (Å²) in [6.45, 7) is 12.9. The molecule has 21 heavy (non-hydrogen) atoms. The zero-order chi connectivity index (χ0) is 14.8. The van der Waals surface area contributed by atoms with Gasteiger partial charge in [-0.15, -0.1) is 13.2 Å². The summed E-state index contributed by atoms with van der Waals surface area (Å²) in [5, 5.41) is 0. The average molecular weight is 278 g/mol. The van der Waals surface area contributed by atoms with E-state index in [0.29, 0.717) is 5.92 Å². The van der Waals surface area contributed by atoms with E-state index in [4.69, 9.17) is 0 Å². The second kappa shape index (κ2) is 5.74. The first kappa shape index (κ1) is 13.9. The Morgan fingerprint density at radius 2 is 2.05 bits per heavy atom. The van der Waals surface area contributed by atoms with Gasteiger partial charge in [-0.1, -0.05) is 42.0 Å². The lowest BCUT2D eigenvalue weighted by Crippen LogP contribution is -2.32. The highest BCUT2D eigenvalue weighted by Gasteiger charge is 2.25. The maximum atomic E-state index is 4.00. The van der Waals surface area contributed by atoms with Gasteiger partial charge in [-0.25, -0.2) is 0 Å². The first-order valence-electron chi connectivity index (χ1n) is 7.46. The number of rotatable bonds is 4. The number of benzene rings is 1. The molecular weight excluding hydrogens is 256 g/mol. The highest BCUT2D eigenvalue weighted by Crippen LogP contribution is 2.32. The molecule has 2 aromatic rings. The largest absolute Gasteiger partial charge is 0.358 e. The first-order chi connectivity index (χ1) is 10.2. The molecular formula is C19H22N2. The minimum absolute atomic E-state index is 0.368. The van der Waals surface area contributed by atoms with Gasteiger partial charge >= 0.3 is 0 Å². The average Bonchev–Trinajstić information content (AvgIpc) is 2.91. The number of nitrogens with zero attached hydrogens (tertiary/aromatic N) is 1. The number of aryl methyl sites for hydroxylation is 1. The summed E-state index contributed by atoms with van der Waals surface area (Å²) in [5.41, 5.74) is 6.43. The van der Waals surface area contributed by atoms with Crippen molar-refractivity contribution in [2.45, 2.75) is 19.4 Å². The number of H-pyrrole nitrogens is 1. The Bertz CT molecular complexity index is 649. The van der Waals surface area contributed by atoms with Crippen molar-refractivity contribution < 1.29 is 0 Å². The molecule has 1 aromatic heterocycles. The van der Waals surface area contributed by atoms with Crippen molar-refractivity contribution in [2.75, 3.05) is 13.1 Å². The van der Waals surface area contributed by atoms with Crippen LogP contribution in [0.25, 0.3) is 11.3 Å². The van der Waals surface area contributed by atoms with Gasteiger partial charge in [-0.3, -0.25) is 4.90 Å². The van der Waals surface area contributed by atoms with E-state index in [2.05, 4.69) is 60.3 Å². The Morgan fingerprint density at radius 1 is 1.29 bits per heavy atom.